The Hall–Kier alpha value is -6.12. The molecule has 0 heterocycles. The molecule has 4 N–H and O–H groups in total. The first-order valence-corrected chi connectivity index (χ1v) is 19.1. The van der Waals surface area contributed by atoms with Crippen LogP contribution in [0.5, 0.6) is 0 Å². The molecular formula is C52H44N2. The van der Waals surface area contributed by atoms with Crippen LogP contribution < -0.4 is 11.5 Å². The lowest BCUT2D eigenvalue weighted by molar-refractivity contribution is 0.591. The van der Waals surface area contributed by atoms with Gasteiger partial charge in [0.15, 0.2) is 0 Å². The SMILES string of the molecule is CC(C)(C)c1ccc2c(c1)c(-c1ccc(N)cc1)cc1c2cc2ccc3c4cc(-c5ccc(N)cc5)c5cc(C(C)(C)C)ccc5c4cc4ccc1c2c43. The summed E-state index contributed by atoms with van der Waals surface area (Å²) in [6, 6.07) is 50.0. The van der Waals surface area contributed by atoms with Gasteiger partial charge in [0.05, 0.1) is 0 Å². The third-order valence-electron chi connectivity index (χ3n) is 11.9. The summed E-state index contributed by atoms with van der Waals surface area (Å²) in [6.45, 7) is 13.7. The number of nitrogens with two attached hydrogens (primary N) is 2. The van der Waals surface area contributed by atoms with E-state index >= 15 is 0 Å². The van der Waals surface area contributed by atoms with Crippen LogP contribution >= 0.6 is 0 Å². The van der Waals surface area contributed by atoms with E-state index in [9.17, 15) is 0 Å². The van der Waals surface area contributed by atoms with Crippen molar-refractivity contribution in [3.63, 3.8) is 0 Å². The highest BCUT2D eigenvalue weighted by Gasteiger charge is 2.22. The standard InChI is InChI=1S/C52H44N2/c1-51(2,3)33-13-21-37-43-23-31-11-20-40-48-28-42(30-9-17-36(54)18-10-30)46-26-34(52(4,5)6)14-22-38(46)44(48)24-32-12-19-39(49(31)50(32)40)47(43)27-41(45(37)25-33)29-7-15-35(53)16-8-29/h7-28H,53-54H2,1-6H3. The highest BCUT2D eigenvalue weighted by Crippen LogP contribution is 2.47. The molecule has 0 amide bonds. The summed E-state index contributed by atoms with van der Waals surface area (Å²) in [5, 5.41) is 18.0. The van der Waals surface area contributed by atoms with Crippen molar-refractivity contribution in [2.75, 3.05) is 11.5 Å². The van der Waals surface area contributed by atoms with Crippen molar-refractivity contribution in [2.45, 2.75) is 52.4 Å². The first kappa shape index (κ1) is 32.5. The van der Waals surface area contributed by atoms with E-state index in [-0.39, 0.29) is 10.8 Å². The molecule has 0 radical (unpaired) electrons. The second-order valence-corrected chi connectivity index (χ2v) is 17.5. The summed E-state index contributed by atoms with van der Waals surface area (Å²) in [7, 11) is 0. The maximum absolute atomic E-state index is 6.18. The van der Waals surface area contributed by atoms with Crippen LogP contribution in [-0.2, 0) is 10.8 Å². The Labute approximate surface area is 316 Å². The zero-order valence-electron chi connectivity index (χ0n) is 31.9. The quantitative estimate of drug-likeness (QED) is 0.107. The monoisotopic (exact) mass is 696 g/mol. The van der Waals surface area contributed by atoms with Crippen LogP contribution in [0.15, 0.2) is 133 Å². The molecule has 0 saturated heterocycles. The molecule has 0 aliphatic heterocycles. The number of rotatable bonds is 2. The molecule has 2 heteroatoms. The van der Waals surface area contributed by atoms with Crippen LogP contribution in [0.3, 0.4) is 0 Å². The Kier molecular flexibility index (Phi) is 6.74. The van der Waals surface area contributed by atoms with E-state index < -0.39 is 0 Å². The van der Waals surface area contributed by atoms with Crippen molar-refractivity contribution < 1.29 is 0 Å². The van der Waals surface area contributed by atoms with E-state index in [0.717, 1.165) is 11.4 Å². The molecule has 262 valence electrons. The molecule has 10 rings (SSSR count). The predicted octanol–water partition coefficient (Wildman–Crippen LogP) is 14.3. The Morgan fingerprint density at radius 1 is 0.315 bits per heavy atom. The number of fused-ring (bicyclic) bond motifs is 8. The minimum atomic E-state index is 0.0334. The Morgan fingerprint density at radius 2 is 0.667 bits per heavy atom. The number of benzene rings is 10. The van der Waals surface area contributed by atoms with Crippen LogP contribution in [0.1, 0.15) is 52.7 Å². The second kappa shape index (κ2) is 11.2. The second-order valence-electron chi connectivity index (χ2n) is 17.5. The lowest BCUT2D eigenvalue weighted by Crippen LogP contribution is -2.10. The fourth-order valence-corrected chi connectivity index (χ4v) is 8.94. The Balaban J connectivity index is 1.33. The maximum atomic E-state index is 6.18. The minimum Gasteiger partial charge on any atom is -0.399 e. The topological polar surface area (TPSA) is 52.0 Å². The van der Waals surface area contributed by atoms with Crippen LogP contribution in [0, 0.1) is 0 Å². The van der Waals surface area contributed by atoms with Gasteiger partial charge in [0, 0.05) is 11.4 Å². The molecule has 0 saturated carbocycles. The largest absolute Gasteiger partial charge is 0.399 e. The van der Waals surface area contributed by atoms with Crippen LogP contribution in [0.25, 0.3) is 97.7 Å². The van der Waals surface area contributed by atoms with E-state index in [0.29, 0.717) is 0 Å². The summed E-state index contributed by atoms with van der Waals surface area (Å²) < 4.78 is 0. The first-order valence-electron chi connectivity index (χ1n) is 19.1. The van der Waals surface area contributed by atoms with E-state index in [4.69, 9.17) is 11.5 Å². The van der Waals surface area contributed by atoms with Crippen LogP contribution in [0.4, 0.5) is 11.4 Å². The fourth-order valence-electron chi connectivity index (χ4n) is 8.94. The number of anilines is 2. The molecule has 0 aliphatic carbocycles. The van der Waals surface area contributed by atoms with Gasteiger partial charge in [0.2, 0.25) is 0 Å². The average molecular weight is 697 g/mol. The van der Waals surface area contributed by atoms with Gasteiger partial charge in [-0.15, -0.1) is 0 Å². The van der Waals surface area contributed by atoms with Gasteiger partial charge in [-0.25, -0.2) is 0 Å². The van der Waals surface area contributed by atoms with Gasteiger partial charge in [-0.1, -0.05) is 114 Å². The lowest BCUT2D eigenvalue weighted by atomic mass is 9.81. The molecule has 10 aromatic rings. The molecule has 54 heavy (non-hydrogen) atoms. The van der Waals surface area contributed by atoms with Gasteiger partial charge in [0.25, 0.3) is 0 Å². The van der Waals surface area contributed by atoms with E-state index in [2.05, 4.69) is 151 Å². The van der Waals surface area contributed by atoms with Gasteiger partial charge >= 0.3 is 0 Å². The molecule has 10 aromatic carbocycles. The van der Waals surface area contributed by atoms with E-state index in [1.807, 2.05) is 24.3 Å². The van der Waals surface area contributed by atoms with Gasteiger partial charge < -0.3 is 11.5 Å². The molecule has 0 fully saturated rings. The number of hydrogen-bond donors (Lipinski definition) is 2. The molecule has 2 nitrogen and oxygen atoms in total. The van der Waals surface area contributed by atoms with Gasteiger partial charge in [-0.2, -0.15) is 0 Å². The van der Waals surface area contributed by atoms with Crippen molar-refractivity contribution in [2.24, 2.45) is 0 Å². The average Bonchev–Trinajstić information content (AvgIpc) is 3.15. The summed E-state index contributed by atoms with van der Waals surface area (Å²) >= 11 is 0. The van der Waals surface area contributed by atoms with Crippen LogP contribution in [0.2, 0.25) is 0 Å². The predicted molar refractivity (Wildman–Crippen MR) is 237 cm³/mol. The van der Waals surface area contributed by atoms with Gasteiger partial charge in [0.1, 0.15) is 0 Å². The maximum Gasteiger partial charge on any atom is 0.0314 e. The first-order chi connectivity index (χ1) is 25.8. The summed E-state index contributed by atoms with van der Waals surface area (Å²) in [5.74, 6) is 0. The lowest BCUT2D eigenvalue weighted by Gasteiger charge is -2.22. The van der Waals surface area contributed by atoms with Crippen molar-refractivity contribution in [3.05, 3.63) is 145 Å². The summed E-state index contributed by atoms with van der Waals surface area (Å²) in [5.41, 5.74) is 21.5. The van der Waals surface area contributed by atoms with Gasteiger partial charge in [-0.05, 0) is 180 Å². The number of hydrogen-bond acceptors (Lipinski definition) is 2. The van der Waals surface area contributed by atoms with Crippen molar-refractivity contribution in [3.8, 4) is 22.3 Å². The molecule has 0 bridgehead atoms. The summed E-state index contributed by atoms with van der Waals surface area (Å²) in [4.78, 5) is 0. The molecule has 0 aromatic heterocycles. The molecule has 0 spiro atoms. The Morgan fingerprint density at radius 3 is 1.04 bits per heavy atom. The van der Waals surface area contributed by atoms with Crippen LogP contribution in [-0.4, -0.2) is 0 Å². The molecule has 0 atom stereocenters. The molecular weight excluding hydrogens is 653 g/mol. The summed E-state index contributed by atoms with van der Waals surface area (Å²) in [6.07, 6.45) is 0. The zero-order valence-corrected chi connectivity index (χ0v) is 31.9. The number of nitrogen functional groups attached to an aromatic ring is 2. The highest BCUT2D eigenvalue weighted by molar-refractivity contribution is 6.36. The third kappa shape index (κ3) is 4.86. The van der Waals surface area contributed by atoms with Crippen molar-refractivity contribution in [1.29, 1.82) is 0 Å². The van der Waals surface area contributed by atoms with Gasteiger partial charge in [-0.3, -0.25) is 0 Å². The van der Waals surface area contributed by atoms with Crippen molar-refractivity contribution >= 4 is 86.8 Å². The van der Waals surface area contributed by atoms with E-state index in [1.54, 1.807) is 0 Å². The molecule has 0 aliphatic rings. The molecule has 0 unspecified atom stereocenters. The smallest absolute Gasteiger partial charge is 0.0314 e. The zero-order chi connectivity index (χ0) is 37.3. The minimum absolute atomic E-state index is 0.0334. The third-order valence-corrected chi connectivity index (χ3v) is 11.9. The Bertz CT molecular complexity index is 2940. The van der Waals surface area contributed by atoms with Crippen molar-refractivity contribution in [1.82, 2.24) is 0 Å². The van der Waals surface area contributed by atoms with E-state index in [1.165, 1.54) is 109 Å². The fraction of sp³-hybridized carbons (Fsp3) is 0.154. The highest BCUT2D eigenvalue weighted by atomic mass is 14.5. The normalized spacial score (nSPS) is 12.8.